The van der Waals surface area contributed by atoms with E-state index in [1.807, 2.05) is 0 Å². The van der Waals surface area contributed by atoms with Gasteiger partial charge in [0.2, 0.25) is 0 Å². The summed E-state index contributed by atoms with van der Waals surface area (Å²) in [6, 6.07) is 3.06. The summed E-state index contributed by atoms with van der Waals surface area (Å²) in [5.74, 6) is 1.30. The molecule has 104 valence electrons. The Morgan fingerprint density at radius 2 is 2.42 bits per heavy atom. The summed E-state index contributed by atoms with van der Waals surface area (Å²) in [4.78, 5) is 24.5. The number of furan rings is 1. The lowest BCUT2D eigenvalue weighted by Gasteiger charge is -2.34. The van der Waals surface area contributed by atoms with E-state index in [2.05, 4.69) is 5.32 Å². The van der Waals surface area contributed by atoms with Gasteiger partial charge < -0.3 is 19.7 Å². The molecule has 0 aromatic carbocycles. The van der Waals surface area contributed by atoms with Gasteiger partial charge in [-0.2, -0.15) is 11.8 Å². The van der Waals surface area contributed by atoms with Gasteiger partial charge in [0.05, 0.1) is 25.3 Å². The van der Waals surface area contributed by atoms with Gasteiger partial charge in [-0.25, -0.2) is 4.79 Å². The van der Waals surface area contributed by atoms with Crippen LogP contribution >= 0.6 is 11.8 Å². The Bertz CT molecular complexity index is 435. The smallest absolute Gasteiger partial charge is 0.318 e. The quantitative estimate of drug-likeness (QED) is 0.873. The molecule has 2 amide bonds. The molecule has 0 spiro atoms. The lowest BCUT2D eigenvalue weighted by molar-refractivity contribution is -0.138. The van der Waals surface area contributed by atoms with Crippen LogP contribution in [-0.4, -0.2) is 46.1 Å². The summed E-state index contributed by atoms with van der Waals surface area (Å²) in [6.45, 7) is 0.891. The molecule has 1 aliphatic rings. The number of urea groups is 1. The van der Waals surface area contributed by atoms with E-state index in [9.17, 15) is 9.59 Å². The van der Waals surface area contributed by atoms with E-state index in [4.69, 9.17) is 9.52 Å². The number of aliphatic carboxylic acids is 1. The van der Waals surface area contributed by atoms with E-state index in [1.165, 1.54) is 0 Å². The minimum atomic E-state index is -0.878. The Morgan fingerprint density at radius 1 is 1.58 bits per heavy atom. The summed E-state index contributed by atoms with van der Waals surface area (Å²) in [7, 11) is 0. The van der Waals surface area contributed by atoms with Crippen molar-refractivity contribution in [1.29, 1.82) is 0 Å². The predicted octanol–water partition coefficient (Wildman–Crippen LogP) is 1.38. The molecule has 7 heteroatoms. The number of carboxylic acid groups (broad SMARTS) is 1. The monoisotopic (exact) mass is 284 g/mol. The first-order chi connectivity index (χ1) is 9.16. The van der Waals surface area contributed by atoms with Crippen LogP contribution in [0, 0.1) is 0 Å². The molecule has 19 heavy (non-hydrogen) atoms. The fraction of sp³-hybridized carbons (Fsp3) is 0.500. The van der Waals surface area contributed by atoms with E-state index in [0.29, 0.717) is 24.6 Å². The number of carbonyl (C=O) groups excluding carboxylic acids is 1. The lowest BCUT2D eigenvalue weighted by atomic mass is 10.2. The highest BCUT2D eigenvalue weighted by atomic mass is 32.2. The number of amides is 2. The highest BCUT2D eigenvalue weighted by molar-refractivity contribution is 7.99. The van der Waals surface area contributed by atoms with Crippen molar-refractivity contribution in [2.24, 2.45) is 0 Å². The van der Waals surface area contributed by atoms with E-state index < -0.39 is 5.97 Å². The number of nitrogens with zero attached hydrogens (tertiary/aromatic N) is 1. The Morgan fingerprint density at radius 3 is 3.11 bits per heavy atom. The number of hydrogen-bond acceptors (Lipinski definition) is 4. The van der Waals surface area contributed by atoms with Gasteiger partial charge in [0.25, 0.3) is 0 Å². The van der Waals surface area contributed by atoms with Gasteiger partial charge in [-0.05, 0) is 12.1 Å². The molecule has 0 bridgehead atoms. The second kappa shape index (κ2) is 6.51. The van der Waals surface area contributed by atoms with Crippen LogP contribution in [0.15, 0.2) is 22.8 Å². The van der Waals surface area contributed by atoms with Crippen LogP contribution in [0.3, 0.4) is 0 Å². The molecule has 1 unspecified atom stereocenters. The van der Waals surface area contributed by atoms with Gasteiger partial charge in [0.1, 0.15) is 5.76 Å². The third-order valence-electron chi connectivity index (χ3n) is 2.89. The first-order valence-corrected chi connectivity index (χ1v) is 7.18. The van der Waals surface area contributed by atoms with Gasteiger partial charge >= 0.3 is 12.0 Å². The maximum Gasteiger partial charge on any atom is 0.318 e. The number of nitrogens with one attached hydrogen (secondary N) is 1. The number of thioether (sulfide) groups is 1. The number of rotatable bonds is 4. The number of hydrogen-bond donors (Lipinski definition) is 2. The molecular formula is C12H16N2O4S. The molecule has 1 aromatic rings. The Balaban J connectivity index is 1.89. The van der Waals surface area contributed by atoms with Gasteiger partial charge in [-0.3, -0.25) is 4.79 Å². The Hall–Kier alpha value is -1.63. The van der Waals surface area contributed by atoms with Crippen molar-refractivity contribution < 1.29 is 19.1 Å². The number of carboxylic acids is 1. The van der Waals surface area contributed by atoms with Crippen molar-refractivity contribution in [3.05, 3.63) is 24.2 Å². The third-order valence-corrected chi connectivity index (χ3v) is 3.98. The van der Waals surface area contributed by atoms with E-state index >= 15 is 0 Å². The zero-order valence-corrected chi connectivity index (χ0v) is 11.2. The first-order valence-electron chi connectivity index (χ1n) is 6.03. The summed E-state index contributed by atoms with van der Waals surface area (Å²) in [5, 5.41) is 11.6. The van der Waals surface area contributed by atoms with Crippen molar-refractivity contribution in [3.8, 4) is 0 Å². The minimum absolute atomic E-state index is 0.0127. The van der Waals surface area contributed by atoms with Crippen LogP contribution in [0.2, 0.25) is 0 Å². The molecule has 0 aliphatic carbocycles. The maximum absolute atomic E-state index is 12.1. The molecule has 1 fully saturated rings. The van der Waals surface area contributed by atoms with Crippen LogP contribution in [0.4, 0.5) is 4.79 Å². The van der Waals surface area contributed by atoms with Crippen molar-refractivity contribution in [1.82, 2.24) is 10.2 Å². The molecule has 0 radical (unpaired) electrons. The van der Waals surface area contributed by atoms with Crippen LogP contribution < -0.4 is 5.32 Å². The molecular weight excluding hydrogens is 268 g/mol. The maximum atomic E-state index is 12.1. The van der Waals surface area contributed by atoms with Crippen molar-refractivity contribution >= 4 is 23.8 Å². The normalized spacial score (nSPS) is 19.2. The second-order valence-corrected chi connectivity index (χ2v) is 5.41. The average molecular weight is 284 g/mol. The van der Waals surface area contributed by atoms with Gasteiger partial charge in [-0.1, -0.05) is 0 Å². The second-order valence-electron chi connectivity index (χ2n) is 4.26. The van der Waals surface area contributed by atoms with Crippen LogP contribution in [0.25, 0.3) is 0 Å². The molecule has 0 saturated carbocycles. The van der Waals surface area contributed by atoms with Gasteiger partial charge in [0.15, 0.2) is 0 Å². The van der Waals surface area contributed by atoms with Crippen LogP contribution in [0.5, 0.6) is 0 Å². The fourth-order valence-electron chi connectivity index (χ4n) is 1.97. The fourth-order valence-corrected chi connectivity index (χ4v) is 3.03. The first kappa shape index (κ1) is 13.8. The van der Waals surface area contributed by atoms with Crippen molar-refractivity contribution in [3.63, 3.8) is 0 Å². The molecule has 1 aromatic heterocycles. The average Bonchev–Trinajstić information content (AvgIpc) is 2.89. The molecule has 1 atom stereocenters. The molecule has 1 saturated heterocycles. The van der Waals surface area contributed by atoms with Gasteiger partial charge in [0, 0.05) is 18.1 Å². The SMILES string of the molecule is O=C(O)CC1CSCCN1C(=O)NCc1ccco1. The predicted molar refractivity (Wildman–Crippen MR) is 71.0 cm³/mol. The summed E-state index contributed by atoms with van der Waals surface area (Å²) in [5.41, 5.74) is 0. The molecule has 2 N–H and O–H groups in total. The number of carbonyl (C=O) groups is 2. The topological polar surface area (TPSA) is 82.8 Å². The van der Waals surface area contributed by atoms with E-state index in [1.54, 1.807) is 35.1 Å². The van der Waals surface area contributed by atoms with Crippen molar-refractivity contribution in [2.75, 3.05) is 18.1 Å². The molecule has 2 heterocycles. The zero-order valence-electron chi connectivity index (χ0n) is 10.4. The Labute approximate surface area is 115 Å². The summed E-state index contributed by atoms with van der Waals surface area (Å²) >= 11 is 1.68. The molecule has 2 rings (SSSR count). The Kier molecular flexibility index (Phi) is 4.73. The summed E-state index contributed by atoms with van der Waals surface area (Å²) in [6.07, 6.45) is 1.54. The van der Waals surface area contributed by atoms with E-state index in [0.717, 1.165) is 5.75 Å². The largest absolute Gasteiger partial charge is 0.481 e. The van der Waals surface area contributed by atoms with Gasteiger partial charge in [-0.15, -0.1) is 0 Å². The van der Waals surface area contributed by atoms with E-state index in [-0.39, 0.29) is 18.5 Å². The highest BCUT2D eigenvalue weighted by Crippen LogP contribution is 2.19. The van der Waals surface area contributed by atoms with Crippen molar-refractivity contribution in [2.45, 2.75) is 19.0 Å². The lowest BCUT2D eigenvalue weighted by Crippen LogP contribution is -2.51. The standard InChI is InChI=1S/C12H16N2O4S/c15-11(16)6-9-8-19-5-3-14(9)12(17)13-7-10-2-1-4-18-10/h1-2,4,9H,3,5-8H2,(H,13,17)(H,15,16). The third kappa shape index (κ3) is 3.92. The van der Waals surface area contributed by atoms with Crippen LogP contribution in [-0.2, 0) is 11.3 Å². The minimum Gasteiger partial charge on any atom is -0.481 e. The highest BCUT2D eigenvalue weighted by Gasteiger charge is 2.28. The molecule has 1 aliphatic heterocycles. The molecule has 6 nitrogen and oxygen atoms in total. The summed E-state index contributed by atoms with van der Waals surface area (Å²) < 4.78 is 5.13. The zero-order chi connectivity index (χ0) is 13.7. The van der Waals surface area contributed by atoms with Crippen LogP contribution in [0.1, 0.15) is 12.2 Å².